The lowest BCUT2D eigenvalue weighted by Crippen LogP contribution is -1.83. The van der Waals surface area contributed by atoms with Crippen molar-refractivity contribution >= 4 is 15.6 Å². The van der Waals surface area contributed by atoms with E-state index in [1.165, 1.54) is 122 Å². The molecule has 0 saturated carbocycles. The number of hydrogen-bond donors (Lipinski definition) is 6. The second-order valence-electron chi connectivity index (χ2n) is 8.04. The van der Waals surface area contributed by atoms with Gasteiger partial charge < -0.3 is 34.8 Å². The third-order valence-corrected chi connectivity index (χ3v) is 4.71. The van der Waals surface area contributed by atoms with Crippen molar-refractivity contribution in [2.75, 3.05) is 0 Å². The van der Waals surface area contributed by atoms with E-state index in [-0.39, 0.29) is 5.48 Å². The Balaban J connectivity index is -0.000000178. The first kappa shape index (κ1) is 44.2. The summed E-state index contributed by atoms with van der Waals surface area (Å²) in [6.45, 7) is 8.60. The quantitative estimate of drug-likeness (QED) is 0.0810. The molecule has 214 valence electrons. The molecular weight excluding hydrogens is 482 g/mol. The molecule has 0 saturated heterocycles. The van der Waals surface area contributed by atoms with E-state index in [1.807, 2.05) is 13.8 Å². The molecule has 9 nitrogen and oxygen atoms in total. The molecule has 8 N–H and O–H groups in total. The second-order valence-corrected chi connectivity index (χ2v) is 10.1. The van der Waals surface area contributed by atoms with Crippen LogP contribution in [0.1, 0.15) is 150 Å². The summed E-state index contributed by atoms with van der Waals surface area (Å²) in [5, 5.41) is 0. The molecule has 34 heavy (non-hydrogen) atoms. The number of rotatable bonds is 18. The molecule has 0 spiro atoms. The molecule has 0 amide bonds. The molecule has 11 heteroatoms. The molecule has 0 atom stereocenters. The van der Waals surface area contributed by atoms with Crippen LogP contribution in [0.5, 0.6) is 0 Å². The van der Waals surface area contributed by atoms with E-state index in [9.17, 15) is 0 Å². The van der Waals surface area contributed by atoms with Gasteiger partial charge in [0.25, 0.3) is 0 Å². The van der Waals surface area contributed by atoms with Crippen LogP contribution < -0.4 is 0 Å². The Morgan fingerprint density at radius 2 is 0.471 bits per heavy atom. The van der Waals surface area contributed by atoms with E-state index >= 15 is 0 Å². The smallest absolute Gasteiger partial charge is 0.412 e. The lowest BCUT2D eigenvalue weighted by Gasteiger charge is -2.03. The zero-order chi connectivity index (χ0) is 26.4. The third kappa shape index (κ3) is 94.7. The predicted octanol–water partition coefficient (Wildman–Crippen LogP) is 6.78. The van der Waals surface area contributed by atoms with Crippen molar-refractivity contribution in [3.8, 4) is 0 Å². The molecule has 0 unspecified atom stereocenters. The van der Waals surface area contributed by atoms with Crippen LogP contribution in [-0.4, -0.2) is 34.8 Å². The Kier molecular flexibility index (Phi) is 45.9. The maximum Gasteiger partial charge on any atom is 0.466 e. The SMILES string of the molecule is CC.CCCCCCCCCCCCCCCCCCCCC.O.O=P(O)(O)O.O=P(O)(O)O. The molecule has 0 aromatic rings. The highest BCUT2D eigenvalue weighted by atomic mass is 31.2. The number of hydrogen-bond acceptors (Lipinski definition) is 2. The largest absolute Gasteiger partial charge is 0.466 e. The average molecular weight is 541 g/mol. The maximum absolute atomic E-state index is 8.88. The summed E-state index contributed by atoms with van der Waals surface area (Å²) in [6.07, 6.45) is 27.9. The van der Waals surface area contributed by atoms with Crippen molar-refractivity contribution in [2.45, 2.75) is 150 Å². The Bertz CT molecular complexity index is 372. The van der Waals surface area contributed by atoms with Gasteiger partial charge >= 0.3 is 15.6 Å². The maximum atomic E-state index is 8.88. The van der Waals surface area contributed by atoms with Crippen LogP contribution in [0.3, 0.4) is 0 Å². The van der Waals surface area contributed by atoms with Gasteiger partial charge in [-0.25, -0.2) is 9.13 Å². The van der Waals surface area contributed by atoms with E-state index in [1.54, 1.807) is 0 Å². The zero-order valence-electron chi connectivity index (χ0n) is 22.3. The van der Waals surface area contributed by atoms with Gasteiger partial charge in [-0.1, -0.05) is 150 Å². The van der Waals surface area contributed by atoms with Crippen molar-refractivity contribution in [1.82, 2.24) is 0 Å². The first-order valence-electron chi connectivity index (χ1n) is 13.0. The molecule has 0 heterocycles. The van der Waals surface area contributed by atoms with Crippen molar-refractivity contribution in [3.63, 3.8) is 0 Å². The molecule has 0 fully saturated rings. The van der Waals surface area contributed by atoms with Crippen molar-refractivity contribution in [2.24, 2.45) is 0 Å². The molecule has 0 bridgehead atoms. The first-order valence-corrected chi connectivity index (χ1v) is 16.1. The van der Waals surface area contributed by atoms with Crippen molar-refractivity contribution < 1.29 is 44.0 Å². The van der Waals surface area contributed by atoms with Crippen LogP contribution in [0, 0.1) is 0 Å². The van der Waals surface area contributed by atoms with Gasteiger partial charge in [0.2, 0.25) is 0 Å². The molecule has 0 aliphatic carbocycles. The fourth-order valence-corrected chi connectivity index (χ4v) is 3.15. The summed E-state index contributed by atoms with van der Waals surface area (Å²) >= 11 is 0. The van der Waals surface area contributed by atoms with Gasteiger partial charge in [0, 0.05) is 0 Å². The highest BCUT2D eigenvalue weighted by molar-refractivity contribution is 7.45. The van der Waals surface area contributed by atoms with E-state index in [2.05, 4.69) is 13.8 Å². The summed E-state index contributed by atoms with van der Waals surface area (Å²) in [4.78, 5) is 43.1. The normalized spacial score (nSPS) is 10.5. The lowest BCUT2D eigenvalue weighted by atomic mass is 10.0. The van der Waals surface area contributed by atoms with Crippen LogP contribution in [0.25, 0.3) is 0 Å². The van der Waals surface area contributed by atoms with Crippen LogP contribution in [-0.2, 0) is 9.13 Å². The Hall–Kier alpha value is 0.180. The van der Waals surface area contributed by atoms with Gasteiger partial charge in [0.1, 0.15) is 0 Å². The van der Waals surface area contributed by atoms with Gasteiger partial charge in [-0.15, -0.1) is 0 Å². The van der Waals surface area contributed by atoms with E-state index < -0.39 is 15.6 Å². The molecule has 0 rings (SSSR count). The van der Waals surface area contributed by atoms with Crippen LogP contribution in [0.15, 0.2) is 0 Å². The van der Waals surface area contributed by atoms with Gasteiger partial charge in [-0.2, -0.15) is 0 Å². The minimum atomic E-state index is -4.64. The number of unbranched alkanes of at least 4 members (excludes halogenated alkanes) is 18. The van der Waals surface area contributed by atoms with Gasteiger partial charge in [0.15, 0.2) is 0 Å². The van der Waals surface area contributed by atoms with Crippen LogP contribution in [0.2, 0.25) is 0 Å². The molecular formula is C23H58O9P2. The highest BCUT2D eigenvalue weighted by Crippen LogP contribution is 2.26. The van der Waals surface area contributed by atoms with E-state index in [4.69, 9.17) is 38.5 Å². The average Bonchev–Trinajstić information content (AvgIpc) is 2.69. The van der Waals surface area contributed by atoms with Gasteiger partial charge in [-0.3, -0.25) is 0 Å². The predicted molar refractivity (Wildman–Crippen MR) is 143 cm³/mol. The topological polar surface area (TPSA) is 187 Å². The van der Waals surface area contributed by atoms with Crippen LogP contribution >= 0.6 is 15.6 Å². The third-order valence-electron chi connectivity index (χ3n) is 4.71. The van der Waals surface area contributed by atoms with Crippen molar-refractivity contribution in [1.29, 1.82) is 0 Å². The van der Waals surface area contributed by atoms with Gasteiger partial charge in [0.05, 0.1) is 0 Å². The highest BCUT2D eigenvalue weighted by Gasteiger charge is 2.00. The lowest BCUT2D eigenvalue weighted by molar-refractivity contribution is 0.272. The van der Waals surface area contributed by atoms with Crippen molar-refractivity contribution in [3.05, 3.63) is 0 Å². The fraction of sp³-hybridized carbons (Fsp3) is 1.00. The summed E-state index contributed by atoms with van der Waals surface area (Å²) in [7, 11) is -9.28. The fourth-order valence-electron chi connectivity index (χ4n) is 3.15. The Morgan fingerprint density at radius 1 is 0.382 bits per heavy atom. The molecule has 0 aromatic carbocycles. The first-order chi connectivity index (χ1) is 15.4. The van der Waals surface area contributed by atoms with E-state index in [0.29, 0.717) is 0 Å². The second kappa shape index (κ2) is 35.3. The van der Waals surface area contributed by atoms with Gasteiger partial charge in [-0.05, 0) is 0 Å². The minimum absolute atomic E-state index is 0. The molecule has 0 aromatic heterocycles. The summed E-state index contributed by atoms with van der Waals surface area (Å²) < 4.78 is 17.8. The summed E-state index contributed by atoms with van der Waals surface area (Å²) in [6, 6.07) is 0. The molecule has 0 aliphatic heterocycles. The minimum Gasteiger partial charge on any atom is -0.412 e. The molecule has 0 aliphatic rings. The number of phosphoric acid groups is 2. The van der Waals surface area contributed by atoms with Crippen LogP contribution in [0.4, 0.5) is 0 Å². The summed E-state index contributed by atoms with van der Waals surface area (Å²) in [5.41, 5.74) is 0. The standard InChI is InChI=1S/C21H44.C2H6.2H3O4P.H2O/c1-3-5-7-9-11-13-15-17-19-21-20-18-16-14-12-10-8-6-4-2;1-2;2*1-5(2,3)4;/h3-21H2,1-2H3;1-2H3;2*(H3,1,2,3,4);1H2. The zero-order valence-corrected chi connectivity index (χ0v) is 24.1. The summed E-state index contributed by atoms with van der Waals surface area (Å²) in [5.74, 6) is 0. The molecule has 0 radical (unpaired) electrons. The monoisotopic (exact) mass is 540 g/mol. The Morgan fingerprint density at radius 3 is 0.559 bits per heavy atom. The Labute approximate surface area is 209 Å². The van der Waals surface area contributed by atoms with E-state index in [0.717, 1.165) is 0 Å².